The average Bonchev–Trinajstić information content (AvgIpc) is 2.60. The van der Waals surface area contributed by atoms with Crippen molar-refractivity contribution in [2.45, 2.75) is 59.3 Å². The molecule has 1 amide bonds. The molecule has 7 nitrogen and oxygen atoms in total. The Morgan fingerprint density at radius 2 is 1.96 bits per heavy atom. The molecule has 0 aromatic carbocycles. The van der Waals surface area contributed by atoms with Gasteiger partial charge in [-0.05, 0) is 56.6 Å². The smallest absolute Gasteiger partial charge is 0.270 e. The molecule has 1 aliphatic carbocycles. The van der Waals surface area contributed by atoms with E-state index < -0.39 is 0 Å². The lowest BCUT2D eigenvalue weighted by atomic mass is 9.95. The van der Waals surface area contributed by atoms with Gasteiger partial charge in [0.25, 0.3) is 5.91 Å². The molecule has 3 rings (SSSR count). The summed E-state index contributed by atoms with van der Waals surface area (Å²) in [5.74, 6) is 1.10. The summed E-state index contributed by atoms with van der Waals surface area (Å²) in [4.78, 5) is 30.0. The predicted molar refractivity (Wildman–Crippen MR) is 104 cm³/mol. The first-order valence-electron chi connectivity index (χ1n) is 9.69. The lowest BCUT2D eigenvalue weighted by Crippen LogP contribution is -2.28. The summed E-state index contributed by atoms with van der Waals surface area (Å²) in [6, 6.07) is 1.71. The van der Waals surface area contributed by atoms with Gasteiger partial charge >= 0.3 is 0 Å². The highest BCUT2D eigenvalue weighted by Crippen LogP contribution is 2.21. The molecule has 0 atom stereocenters. The Hall–Kier alpha value is -2.57. The molecule has 144 valence electrons. The highest BCUT2D eigenvalue weighted by atomic mass is 16.1. The summed E-state index contributed by atoms with van der Waals surface area (Å²) >= 11 is 0. The Balaban J connectivity index is 1.61. The number of amides is 1. The number of fused-ring (bicyclic) bond motifs is 1. The zero-order valence-corrected chi connectivity index (χ0v) is 16.4. The van der Waals surface area contributed by atoms with Crippen molar-refractivity contribution in [2.24, 2.45) is 5.92 Å². The summed E-state index contributed by atoms with van der Waals surface area (Å²) < 4.78 is 0. The Bertz CT molecular complexity index is 833. The highest BCUT2D eigenvalue weighted by molar-refractivity contribution is 5.92. The molecular formula is C20H28N6O. The zero-order chi connectivity index (χ0) is 19.4. The summed E-state index contributed by atoms with van der Waals surface area (Å²) in [5, 5.41) is 2.89. The first-order chi connectivity index (χ1) is 12.9. The van der Waals surface area contributed by atoms with Gasteiger partial charge in [0.2, 0.25) is 5.95 Å². The van der Waals surface area contributed by atoms with Gasteiger partial charge in [-0.15, -0.1) is 0 Å². The number of aromatic nitrogens is 4. The largest absolute Gasteiger partial charge is 0.368 e. The maximum absolute atomic E-state index is 12.4. The van der Waals surface area contributed by atoms with E-state index in [1.165, 1.54) is 24.1 Å². The SMILES string of the molecule is Cc1nc(CCNC(=O)c2cc(CC(C)C)nc(N)n2)nc2c1CCCC2. The average molecular weight is 368 g/mol. The molecule has 0 spiro atoms. The van der Waals surface area contributed by atoms with Crippen molar-refractivity contribution in [2.75, 3.05) is 12.3 Å². The molecule has 7 heteroatoms. The number of rotatable bonds is 6. The van der Waals surface area contributed by atoms with E-state index in [1.807, 2.05) is 6.92 Å². The fourth-order valence-electron chi connectivity index (χ4n) is 3.49. The molecule has 2 aromatic heterocycles. The van der Waals surface area contributed by atoms with Crippen LogP contribution in [0.1, 0.15) is 65.6 Å². The number of nitrogens with zero attached hydrogens (tertiary/aromatic N) is 4. The highest BCUT2D eigenvalue weighted by Gasteiger charge is 2.16. The second-order valence-electron chi connectivity index (χ2n) is 7.56. The van der Waals surface area contributed by atoms with Crippen LogP contribution in [-0.2, 0) is 25.7 Å². The van der Waals surface area contributed by atoms with Gasteiger partial charge in [-0.2, -0.15) is 0 Å². The van der Waals surface area contributed by atoms with Gasteiger partial charge < -0.3 is 11.1 Å². The molecule has 2 aromatic rings. The van der Waals surface area contributed by atoms with E-state index in [9.17, 15) is 4.79 Å². The van der Waals surface area contributed by atoms with Crippen LogP contribution in [-0.4, -0.2) is 32.4 Å². The van der Waals surface area contributed by atoms with E-state index in [0.717, 1.165) is 36.5 Å². The van der Waals surface area contributed by atoms with E-state index in [1.54, 1.807) is 6.07 Å². The van der Waals surface area contributed by atoms with Crippen molar-refractivity contribution in [3.63, 3.8) is 0 Å². The number of anilines is 1. The summed E-state index contributed by atoms with van der Waals surface area (Å²) in [6.45, 7) is 6.70. The molecule has 0 saturated heterocycles. The van der Waals surface area contributed by atoms with Crippen LogP contribution >= 0.6 is 0 Å². The monoisotopic (exact) mass is 368 g/mol. The summed E-state index contributed by atoms with van der Waals surface area (Å²) in [5.41, 5.74) is 10.4. The topological polar surface area (TPSA) is 107 Å². The predicted octanol–water partition coefficient (Wildman–Crippen LogP) is 2.21. The fraction of sp³-hybridized carbons (Fsp3) is 0.550. The minimum atomic E-state index is -0.246. The van der Waals surface area contributed by atoms with Crippen molar-refractivity contribution in [1.29, 1.82) is 0 Å². The van der Waals surface area contributed by atoms with Gasteiger partial charge in [0, 0.05) is 30.0 Å². The van der Waals surface area contributed by atoms with Crippen LogP contribution in [0, 0.1) is 12.8 Å². The molecule has 1 aliphatic rings. The number of hydrogen-bond acceptors (Lipinski definition) is 6. The number of carbonyl (C=O) groups is 1. The van der Waals surface area contributed by atoms with E-state index >= 15 is 0 Å². The number of aryl methyl sites for hydroxylation is 2. The van der Waals surface area contributed by atoms with Crippen molar-refractivity contribution in [1.82, 2.24) is 25.3 Å². The van der Waals surface area contributed by atoms with Crippen LogP contribution in [0.15, 0.2) is 6.07 Å². The van der Waals surface area contributed by atoms with Crippen molar-refractivity contribution in [3.8, 4) is 0 Å². The first-order valence-corrected chi connectivity index (χ1v) is 9.69. The minimum Gasteiger partial charge on any atom is -0.368 e. The van der Waals surface area contributed by atoms with Crippen molar-refractivity contribution < 1.29 is 4.79 Å². The molecule has 3 N–H and O–H groups in total. The Morgan fingerprint density at radius 1 is 1.19 bits per heavy atom. The first kappa shape index (κ1) is 19.2. The third kappa shape index (κ3) is 4.99. The standard InChI is InChI=1S/C20H28N6O/c1-12(2)10-14-11-17(26-20(21)24-14)19(27)22-9-8-18-23-13(3)15-6-4-5-7-16(15)25-18/h11-12H,4-10H2,1-3H3,(H,22,27)(H2,21,24,26). The molecule has 0 fully saturated rings. The van der Waals surface area contributed by atoms with Crippen LogP contribution < -0.4 is 11.1 Å². The Kier molecular flexibility index (Phi) is 5.98. The maximum Gasteiger partial charge on any atom is 0.270 e. The van der Waals surface area contributed by atoms with Crippen LogP contribution in [0.4, 0.5) is 5.95 Å². The molecule has 0 radical (unpaired) electrons. The maximum atomic E-state index is 12.4. The molecule has 2 heterocycles. The third-order valence-electron chi connectivity index (χ3n) is 4.72. The van der Waals surface area contributed by atoms with Crippen LogP contribution in [0.2, 0.25) is 0 Å². The van der Waals surface area contributed by atoms with E-state index in [2.05, 4.69) is 34.1 Å². The Morgan fingerprint density at radius 3 is 2.74 bits per heavy atom. The van der Waals surface area contributed by atoms with Crippen LogP contribution in [0.25, 0.3) is 0 Å². The number of nitrogens with two attached hydrogens (primary N) is 1. The lowest BCUT2D eigenvalue weighted by Gasteiger charge is -2.17. The third-order valence-corrected chi connectivity index (χ3v) is 4.72. The molecule has 0 unspecified atom stereocenters. The number of nitrogen functional groups attached to an aromatic ring is 1. The summed E-state index contributed by atoms with van der Waals surface area (Å²) in [6.07, 6.45) is 5.86. The minimum absolute atomic E-state index is 0.131. The van der Waals surface area contributed by atoms with Gasteiger partial charge in [-0.1, -0.05) is 13.8 Å². The van der Waals surface area contributed by atoms with Gasteiger partial charge in [0.1, 0.15) is 11.5 Å². The molecule has 0 saturated carbocycles. The van der Waals surface area contributed by atoms with E-state index in [-0.39, 0.29) is 11.9 Å². The van der Waals surface area contributed by atoms with Crippen molar-refractivity contribution in [3.05, 3.63) is 40.2 Å². The van der Waals surface area contributed by atoms with Crippen LogP contribution in [0.3, 0.4) is 0 Å². The van der Waals surface area contributed by atoms with Crippen LogP contribution in [0.5, 0.6) is 0 Å². The number of nitrogens with one attached hydrogen (secondary N) is 1. The van der Waals surface area contributed by atoms with Gasteiger partial charge in [0.15, 0.2) is 0 Å². The van der Waals surface area contributed by atoms with Crippen molar-refractivity contribution >= 4 is 11.9 Å². The fourth-order valence-corrected chi connectivity index (χ4v) is 3.49. The number of hydrogen-bond donors (Lipinski definition) is 2. The normalized spacial score (nSPS) is 13.5. The molecule has 0 bridgehead atoms. The molecular weight excluding hydrogens is 340 g/mol. The van der Waals surface area contributed by atoms with E-state index in [4.69, 9.17) is 10.7 Å². The quantitative estimate of drug-likeness (QED) is 0.809. The van der Waals surface area contributed by atoms with Gasteiger partial charge in [-0.3, -0.25) is 4.79 Å². The lowest BCUT2D eigenvalue weighted by molar-refractivity contribution is 0.0949. The van der Waals surface area contributed by atoms with Gasteiger partial charge in [0.05, 0.1) is 0 Å². The molecule has 0 aliphatic heterocycles. The second kappa shape index (κ2) is 8.41. The second-order valence-corrected chi connectivity index (χ2v) is 7.56. The molecule has 27 heavy (non-hydrogen) atoms. The van der Waals surface area contributed by atoms with E-state index in [0.29, 0.717) is 24.6 Å². The Labute approximate surface area is 160 Å². The zero-order valence-electron chi connectivity index (χ0n) is 16.4. The number of carbonyl (C=O) groups excluding carboxylic acids is 1. The van der Waals surface area contributed by atoms with Gasteiger partial charge in [-0.25, -0.2) is 19.9 Å². The summed E-state index contributed by atoms with van der Waals surface area (Å²) in [7, 11) is 0.